The fourth-order valence-corrected chi connectivity index (χ4v) is 5.55. The van der Waals surface area contributed by atoms with Crippen LogP contribution in [0.3, 0.4) is 0 Å². The summed E-state index contributed by atoms with van der Waals surface area (Å²) in [5, 5.41) is 0.171. The van der Waals surface area contributed by atoms with Gasteiger partial charge >= 0.3 is 19.8 Å². The van der Waals surface area contributed by atoms with Crippen molar-refractivity contribution < 1.29 is 42.7 Å². The number of rotatable bonds is 30. The molecule has 9 nitrogen and oxygen atoms in total. The lowest BCUT2D eigenvalue weighted by atomic mass is 10.0. The van der Waals surface area contributed by atoms with E-state index >= 15 is 0 Å². The van der Waals surface area contributed by atoms with E-state index < -0.39 is 32.5 Å². The minimum Gasteiger partial charge on any atom is -0.462 e. The number of phosphoric acid groups is 1. The molecule has 0 spiro atoms. The summed E-state index contributed by atoms with van der Waals surface area (Å²) in [6.45, 7) is 2.97. The van der Waals surface area contributed by atoms with Crippen LogP contribution in [0.25, 0.3) is 0 Å². The lowest BCUT2D eigenvalue weighted by Crippen LogP contribution is -2.29. The number of esters is 2. The Morgan fingerprint density at radius 1 is 0.643 bits per heavy atom. The van der Waals surface area contributed by atoms with Gasteiger partial charge in [-0.3, -0.25) is 18.9 Å². The Morgan fingerprint density at radius 3 is 1.52 bits per heavy atom. The van der Waals surface area contributed by atoms with E-state index in [1.807, 2.05) is 0 Å². The third kappa shape index (κ3) is 32.0. The molecule has 1 atom stereocenters. The van der Waals surface area contributed by atoms with Crippen molar-refractivity contribution in [1.29, 1.82) is 0 Å². The van der Waals surface area contributed by atoms with Gasteiger partial charge < -0.3 is 19.3 Å². The van der Waals surface area contributed by atoms with Gasteiger partial charge in [0.25, 0.3) is 0 Å². The molecule has 0 aliphatic carbocycles. The van der Waals surface area contributed by atoms with Gasteiger partial charge in [-0.25, -0.2) is 4.57 Å². The first-order valence-corrected chi connectivity index (χ1v) is 18.8. The Hall–Kier alpha value is -0.930. The number of hydrogen-bond donors (Lipinski definition) is 2. The van der Waals surface area contributed by atoms with Gasteiger partial charge in [-0.15, -0.1) is 0 Å². The molecule has 0 aromatic heterocycles. The zero-order valence-corrected chi connectivity index (χ0v) is 28.1. The predicted molar refractivity (Wildman–Crippen MR) is 169 cm³/mol. The monoisotopic (exact) mass is 638 g/mol. The van der Waals surface area contributed by atoms with Crippen molar-refractivity contribution in [3.8, 4) is 0 Å². The van der Waals surface area contributed by atoms with Crippen molar-refractivity contribution in [1.82, 2.24) is 0 Å². The summed E-state index contributed by atoms with van der Waals surface area (Å²) >= 11 is 1.38. The van der Waals surface area contributed by atoms with Crippen LogP contribution in [-0.2, 0) is 32.9 Å². The molecule has 0 amide bonds. The lowest BCUT2D eigenvalue weighted by molar-refractivity contribution is -0.161. The Kier molecular flexibility index (Phi) is 28.2. The minimum absolute atomic E-state index is 0.171. The van der Waals surface area contributed by atoms with E-state index in [0.717, 1.165) is 70.0 Å². The van der Waals surface area contributed by atoms with Crippen molar-refractivity contribution >= 4 is 36.6 Å². The van der Waals surface area contributed by atoms with Crippen molar-refractivity contribution in [3.05, 3.63) is 0 Å². The number of thioether (sulfide) groups is 1. The van der Waals surface area contributed by atoms with Crippen LogP contribution >= 0.6 is 19.6 Å². The van der Waals surface area contributed by atoms with Crippen LogP contribution in [0.4, 0.5) is 0 Å². The molecule has 0 saturated carbocycles. The zero-order chi connectivity index (χ0) is 31.3. The minimum atomic E-state index is -4.75. The molecule has 0 saturated heterocycles. The topological polar surface area (TPSA) is 136 Å². The van der Waals surface area contributed by atoms with E-state index in [2.05, 4.69) is 11.4 Å². The normalized spacial score (nSPS) is 12.3. The van der Waals surface area contributed by atoms with Crippen molar-refractivity contribution in [2.24, 2.45) is 0 Å². The maximum Gasteiger partial charge on any atom is 0.469 e. The number of carbonyl (C=O) groups excluding carboxylic acids is 3. The number of unbranched alkanes of at least 4 members (excludes halogenated alkanes) is 18. The molecule has 42 heavy (non-hydrogen) atoms. The van der Waals surface area contributed by atoms with Gasteiger partial charge in [-0.05, 0) is 19.3 Å². The molecule has 0 radical (unpaired) electrons. The molecule has 2 N–H and O–H groups in total. The second kappa shape index (κ2) is 28.8. The van der Waals surface area contributed by atoms with Crippen LogP contribution in [0.2, 0.25) is 0 Å². The Labute approximate surface area is 259 Å². The van der Waals surface area contributed by atoms with Gasteiger partial charge in [0.05, 0.1) is 6.61 Å². The summed E-state index contributed by atoms with van der Waals surface area (Å²) in [6.07, 6.45) is 21.8. The SMILES string of the molecule is CCCCCCCCCCCCCCC(=O)O[C@H](COC(=O)CCCCCCCCCCSC(C)=O)COP(=O)(O)O. The van der Waals surface area contributed by atoms with Crippen LogP contribution in [0, 0.1) is 0 Å². The van der Waals surface area contributed by atoms with Crippen LogP contribution in [0.5, 0.6) is 0 Å². The summed E-state index contributed by atoms with van der Waals surface area (Å²) < 4.78 is 26.1. The number of ether oxygens (including phenoxy) is 2. The first-order chi connectivity index (χ1) is 20.1. The largest absolute Gasteiger partial charge is 0.469 e. The molecule has 0 aliphatic rings. The molecule has 0 unspecified atom stereocenters. The van der Waals surface area contributed by atoms with Gasteiger partial charge in [0.15, 0.2) is 11.2 Å². The van der Waals surface area contributed by atoms with Crippen molar-refractivity contribution in [2.75, 3.05) is 19.0 Å². The van der Waals surface area contributed by atoms with E-state index in [1.165, 1.54) is 63.1 Å². The van der Waals surface area contributed by atoms with Crippen LogP contribution in [0.1, 0.15) is 155 Å². The molecule has 0 aromatic carbocycles. The summed E-state index contributed by atoms with van der Waals surface area (Å²) in [7, 11) is -4.75. The van der Waals surface area contributed by atoms with E-state index in [-0.39, 0.29) is 24.6 Å². The van der Waals surface area contributed by atoms with Gasteiger partial charge in [0.1, 0.15) is 6.61 Å². The third-order valence-electron chi connectivity index (χ3n) is 6.97. The lowest BCUT2D eigenvalue weighted by Gasteiger charge is -2.18. The van der Waals surface area contributed by atoms with E-state index in [1.54, 1.807) is 6.92 Å². The highest BCUT2D eigenvalue weighted by Gasteiger charge is 2.22. The highest BCUT2D eigenvalue weighted by Crippen LogP contribution is 2.36. The molecule has 0 aromatic rings. The molecule has 248 valence electrons. The second-order valence-electron chi connectivity index (χ2n) is 11.1. The molecule has 0 aliphatic heterocycles. The third-order valence-corrected chi connectivity index (χ3v) is 8.36. The van der Waals surface area contributed by atoms with Gasteiger partial charge in [-0.1, -0.05) is 128 Å². The number of carbonyl (C=O) groups is 3. The van der Waals surface area contributed by atoms with E-state index in [4.69, 9.17) is 19.3 Å². The summed E-state index contributed by atoms with van der Waals surface area (Å²) in [4.78, 5) is 53.3. The number of phosphoric ester groups is 1. The van der Waals surface area contributed by atoms with Gasteiger partial charge in [0, 0.05) is 25.5 Å². The standard InChI is InChI=1S/C31H59O9PS/c1-3-4-5-6-7-8-9-10-11-15-18-21-24-31(34)40-29(27-39-41(35,36)37)26-38-30(33)23-20-17-14-12-13-16-19-22-25-42-28(2)32/h29H,3-27H2,1-2H3,(H2,35,36,37)/t29-/m1/s1. The van der Waals surface area contributed by atoms with Crippen LogP contribution < -0.4 is 0 Å². The van der Waals surface area contributed by atoms with Crippen molar-refractivity contribution in [3.63, 3.8) is 0 Å². The Balaban J connectivity index is 3.99. The highest BCUT2D eigenvalue weighted by atomic mass is 32.2. The number of hydrogen-bond acceptors (Lipinski definition) is 8. The Bertz CT molecular complexity index is 729. The molecule has 0 rings (SSSR count). The molecule has 0 fully saturated rings. The fourth-order valence-electron chi connectivity index (χ4n) is 4.56. The average Bonchev–Trinajstić information content (AvgIpc) is 2.93. The fraction of sp³-hybridized carbons (Fsp3) is 0.903. The van der Waals surface area contributed by atoms with Crippen LogP contribution in [-0.4, -0.2) is 51.9 Å². The van der Waals surface area contributed by atoms with Crippen molar-refractivity contribution in [2.45, 2.75) is 161 Å². The molecule has 0 heterocycles. The Morgan fingerprint density at radius 2 is 1.07 bits per heavy atom. The van der Waals surface area contributed by atoms with E-state index in [0.29, 0.717) is 12.8 Å². The smallest absolute Gasteiger partial charge is 0.462 e. The average molecular weight is 639 g/mol. The summed E-state index contributed by atoms with van der Waals surface area (Å²) in [6, 6.07) is 0. The van der Waals surface area contributed by atoms with Crippen LogP contribution in [0.15, 0.2) is 0 Å². The maximum absolute atomic E-state index is 12.3. The second-order valence-corrected chi connectivity index (χ2v) is 13.6. The first-order valence-electron chi connectivity index (χ1n) is 16.3. The molecular weight excluding hydrogens is 579 g/mol. The zero-order valence-electron chi connectivity index (χ0n) is 26.4. The maximum atomic E-state index is 12.3. The predicted octanol–water partition coefficient (Wildman–Crippen LogP) is 8.43. The van der Waals surface area contributed by atoms with Gasteiger partial charge in [-0.2, -0.15) is 0 Å². The first kappa shape index (κ1) is 41.1. The quantitative estimate of drug-likeness (QED) is 0.0448. The highest BCUT2D eigenvalue weighted by molar-refractivity contribution is 8.13. The molecule has 11 heteroatoms. The summed E-state index contributed by atoms with van der Waals surface area (Å²) in [5.74, 6) is -0.0336. The molecule has 0 bridgehead atoms. The summed E-state index contributed by atoms with van der Waals surface area (Å²) in [5.41, 5.74) is 0. The van der Waals surface area contributed by atoms with Gasteiger partial charge in [0.2, 0.25) is 0 Å². The molecular formula is C31H59O9PS. The van der Waals surface area contributed by atoms with E-state index in [9.17, 15) is 18.9 Å².